The number of pyridine rings is 1. The van der Waals surface area contributed by atoms with E-state index in [4.69, 9.17) is 32.3 Å². The Labute approximate surface area is 240 Å². The molecule has 0 aliphatic carbocycles. The minimum atomic E-state index is -0.476. The van der Waals surface area contributed by atoms with E-state index in [-0.39, 0.29) is 29.4 Å². The monoisotopic (exact) mass is 570 g/mol. The molecule has 0 spiro atoms. The molecule has 4 aromatic rings. The van der Waals surface area contributed by atoms with Crippen LogP contribution >= 0.6 is 11.6 Å². The van der Waals surface area contributed by atoms with Gasteiger partial charge in [0.25, 0.3) is 5.91 Å². The Kier molecular flexibility index (Phi) is 6.81. The number of imidazole rings is 1. The van der Waals surface area contributed by atoms with E-state index in [1.54, 1.807) is 30.3 Å². The number of halogens is 1. The van der Waals surface area contributed by atoms with E-state index in [0.29, 0.717) is 59.6 Å². The first-order chi connectivity index (χ1) is 19.8. The molecule has 2 amide bonds. The molecule has 3 aromatic heterocycles. The largest absolute Gasteiger partial charge is 0.382 e. The van der Waals surface area contributed by atoms with Gasteiger partial charge in [-0.3, -0.25) is 14.0 Å². The number of anilines is 2. The minimum absolute atomic E-state index is 0.0560. The third-order valence-corrected chi connectivity index (χ3v) is 7.92. The highest BCUT2D eigenvalue weighted by atomic mass is 35.5. The first kappa shape index (κ1) is 26.7. The highest BCUT2D eigenvalue weighted by Gasteiger charge is 2.45. The molecular weight excluding hydrogens is 544 g/mol. The molecule has 3 N–H and O–H groups in total. The highest BCUT2D eigenvalue weighted by Crippen LogP contribution is 2.37. The van der Waals surface area contributed by atoms with Gasteiger partial charge in [-0.2, -0.15) is 5.26 Å². The summed E-state index contributed by atoms with van der Waals surface area (Å²) in [4.78, 5) is 41.3. The van der Waals surface area contributed by atoms with Crippen LogP contribution in [0.15, 0.2) is 48.8 Å². The van der Waals surface area contributed by atoms with E-state index < -0.39 is 5.41 Å². The van der Waals surface area contributed by atoms with E-state index in [1.807, 2.05) is 22.3 Å². The van der Waals surface area contributed by atoms with Crippen LogP contribution in [0, 0.1) is 16.7 Å². The summed E-state index contributed by atoms with van der Waals surface area (Å²) >= 11 is 6.65. The van der Waals surface area contributed by atoms with Crippen molar-refractivity contribution >= 4 is 40.6 Å². The van der Waals surface area contributed by atoms with Gasteiger partial charge in [0.2, 0.25) is 5.91 Å². The number of ether oxygens (including phenoxy) is 1. The number of rotatable bonds is 5. The molecule has 208 valence electrons. The number of nitrogens with one attached hydrogen (secondary N) is 1. The summed E-state index contributed by atoms with van der Waals surface area (Å²) in [6, 6.07) is 12.0. The lowest BCUT2D eigenvalue weighted by Gasteiger charge is -2.42. The number of benzene rings is 1. The molecule has 11 nitrogen and oxygen atoms in total. The second kappa shape index (κ2) is 10.5. The highest BCUT2D eigenvalue weighted by molar-refractivity contribution is 6.30. The number of hydrogen-bond acceptors (Lipinski definition) is 8. The Morgan fingerprint density at radius 2 is 2.00 bits per heavy atom. The van der Waals surface area contributed by atoms with Gasteiger partial charge >= 0.3 is 0 Å². The van der Waals surface area contributed by atoms with E-state index in [9.17, 15) is 9.59 Å². The van der Waals surface area contributed by atoms with Crippen LogP contribution in [0.25, 0.3) is 16.8 Å². The van der Waals surface area contributed by atoms with E-state index in [2.05, 4.69) is 15.3 Å². The van der Waals surface area contributed by atoms with Crippen LogP contribution in [0.1, 0.15) is 47.4 Å². The number of fused-ring (bicyclic) bond motifs is 1. The molecule has 12 heteroatoms. The van der Waals surface area contributed by atoms with Crippen LogP contribution in [0.4, 0.5) is 11.6 Å². The number of piperidine rings is 1. The van der Waals surface area contributed by atoms with Crippen molar-refractivity contribution in [2.24, 2.45) is 5.41 Å². The second-order valence-electron chi connectivity index (χ2n) is 10.7. The maximum Gasteiger partial charge on any atom is 0.256 e. The van der Waals surface area contributed by atoms with Crippen LogP contribution in [0.2, 0.25) is 5.15 Å². The molecule has 0 bridgehead atoms. The minimum Gasteiger partial charge on any atom is -0.382 e. The predicted octanol–water partition coefficient (Wildman–Crippen LogP) is 3.89. The van der Waals surface area contributed by atoms with Crippen LogP contribution < -0.4 is 11.1 Å². The number of carbonyl (C=O) groups excluding carboxylic acids is 2. The fourth-order valence-corrected chi connectivity index (χ4v) is 5.65. The maximum absolute atomic E-state index is 13.2. The Morgan fingerprint density at radius 3 is 2.71 bits per heavy atom. The van der Waals surface area contributed by atoms with Gasteiger partial charge in [-0.1, -0.05) is 23.7 Å². The van der Waals surface area contributed by atoms with Crippen LogP contribution in [0.5, 0.6) is 0 Å². The zero-order valence-corrected chi connectivity index (χ0v) is 23.1. The Morgan fingerprint density at radius 1 is 1.22 bits per heavy atom. The number of carbonyl (C=O) groups is 2. The standard InChI is InChI=1S/C29H27ClN8O3/c1-29(15-41-16-29)28(40)37-10-2-3-20(14-37)26-36-23(24-25(32)34-13-21(30)38(24)26)18-4-6-19(7-5-18)27(39)35-22-11-17(12-31)8-9-33-22/h4-9,11,13,20H,2-3,10,14-16H2,1H3,(H2,32,34)(H,33,35,39)/t20-/m1/s1. The van der Waals surface area contributed by atoms with Gasteiger partial charge in [-0.05, 0) is 44.0 Å². The summed E-state index contributed by atoms with van der Waals surface area (Å²) in [6.45, 7) is 4.03. The molecule has 2 aliphatic heterocycles. The smallest absolute Gasteiger partial charge is 0.256 e. The molecule has 0 radical (unpaired) electrons. The first-order valence-corrected chi connectivity index (χ1v) is 13.6. The lowest BCUT2D eigenvalue weighted by Crippen LogP contribution is -2.55. The van der Waals surface area contributed by atoms with Crippen LogP contribution in [-0.2, 0) is 9.53 Å². The van der Waals surface area contributed by atoms with E-state index >= 15 is 0 Å². The second-order valence-corrected chi connectivity index (χ2v) is 11.1. The number of nitrogens with two attached hydrogens (primary N) is 1. The van der Waals surface area contributed by atoms with Crippen molar-refractivity contribution in [2.75, 3.05) is 37.4 Å². The molecule has 5 heterocycles. The number of likely N-dealkylation sites (tertiary alicyclic amines) is 1. The van der Waals surface area contributed by atoms with Crippen molar-refractivity contribution in [3.63, 3.8) is 0 Å². The fraction of sp³-hybridized carbons (Fsp3) is 0.310. The van der Waals surface area contributed by atoms with E-state index in [1.165, 1.54) is 18.5 Å². The number of nitrogen functional groups attached to an aromatic ring is 1. The number of aromatic nitrogens is 4. The van der Waals surface area contributed by atoms with Gasteiger partial charge in [-0.25, -0.2) is 15.0 Å². The molecule has 1 aromatic carbocycles. The van der Waals surface area contributed by atoms with Gasteiger partial charge in [-0.15, -0.1) is 0 Å². The molecule has 2 fully saturated rings. The third-order valence-electron chi connectivity index (χ3n) is 7.65. The van der Waals surface area contributed by atoms with Gasteiger partial charge in [0, 0.05) is 36.3 Å². The van der Waals surface area contributed by atoms with Gasteiger partial charge in [0.05, 0.1) is 36.5 Å². The Bertz CT molecular complexity index is 1710. The summed E-state index contributed by atoms with van der Waals surface area (Å²) in [7, 11) is 0. The quantitative estimate of drug-likeness (QED) is 0.366. The van der Waals surface area contributed by atoms with Crippen molar-refractivity contribution in [3.05, 3.63) is 70.9 Å². The van der Waals surface area contributed by atoms with Crippen molar-refractivity contribution < 1.29 is 14.3 Å². The summed E-state index contributed by atoms with van der Waals surface area (Å²) in [5.41, 5.74) is 8.57. The normalized spacial score (nSPS) is 18.0. The summed E-state index contributed by atoms with van der Waals surface area (Å²) in [6.07, 6.45) is 4.64. The predicted molar refractivity (Wildman–Crippen MR) is 152 cm³/mol. The van der Waals surface area contributed by atoms with Crippen LogP contribution in [-0.4, -0.2) is 62.4 Å². The Hall–Kier alpha value is -4.53. The molecule has 0 unspecified atom stereocenters. The SMILES string of the molecule is CC1(C(=O)N2CCC[C@@H](c3nc(-c4ccc(C(=O)Nc5cc(C#N)ccn5)cc4)c4c(N)ncc(Cl)n34)C2)COC1. The summed E-state index contributed by atoms with van der Waals surface area (Å²) in [5.74, 6) is 0.958. The number of nitriles is 1. The molecule has 2 saturated heterocycles. The van der Waals surface area contributed by atoms with E-state index in [0.717, 1.165) is 18.4 Å². The van der Waals surface area contributed by atoms with Crippen molar-refractivity contribution in [2.45, 2.75) is 25.7 Å². The Balaban J connectivity index is 1.31. The molecule has 6 rings (SSSR count). The summed E-state index contributed by atoms with van der Waals surface area (Å²) < 4.78 is 7.14. The third kappa shape index (κ3) is 4.85. The number of nitrogens with zero attached hydrogens (tertiary/aromatic N) is 6. The topological polar surface area (TPSA) is 152 Å². The van der Waals surface area contributed by atoms with Crippen molar-refractivity contribution in [1.82, 2.24) is 24.3 Å². The molecule has 2 aliphatic rings. The molecule has 1 atom stereocenters. The lowest BCUT2D eigenvalue weighted by atomic mass is 9.85. The average molecular weight is 571 g/mol. The molecule has 41 heavy (non-hydrogen) atoms. The van der Waals surface area contributed by atoms with Crippen LogP contribution in [0.3, 0.4) is 0 Å². The average Bonchev–Trinajstić information content (AvgIpc) is 3.40. The van der Waals surface area contributed by atoms with Gasteiger partial charge < -0.3 is 20.7 Å². The van der Waals surface area contributed by atoms with Crippen molar-refractivity contribution in [1.29, 1.82) is 5.26 Å². The van der Waals surface area contributed by atoms with Crippen molar-refractivity contribution in [3.8, 4) is 17.3 Å². The zero-order valence-electron chi connectivity index (χ0n) is 22.3. The fourth-order valence-electron chi connectivity index (χ4n) is 5.43. The van der Waals surface area contributed by atoms with Gasteiger partial charge in [0.1, 0.15) is 33.8 Å². The summed E-state index contributed by atoms with van der Waals surface area (Å²) in [5, 5.41) is 12.2. The lowest BCUT2D eigenvalue weighted by molar-refractivity contribution is -0.169. The molecular formula is C29H27ClN8O3. The number of amides is 2. The van der Waals surface area contributed by atoms with Gasteiger partial charge in [0.15, 0.2) is 0 Å². The molecule has 0 saturated carbocycles. The zero-order chi connectivity index (χ0) is 28.7. The first-order valence-electron chi connectivity index (χ1n) is 13.2. The maximum atomic E-state index is 13.2. The number of hydrogen-bond donors (Lipinski definition) is 2.